The van der Waals surface area contributed by atoms with E-state index in [4.69, 9.17) is 11.6 Å². The average Bonchev–Trinajstić information content (AvgIpc) is 2.73. The van der Waals surface area contributed by atoms with Crippen LogP contribution in [0.4, 0.5) is 4.39 Å². The molecule has 1 unspecified atom stereocenters. The maximum atomic E-state index is 13.2. The van der Waals surface area contributed by atoms with Gasteiger partial charge in [-0.3, -0.25) is 0 Å². The Morgan fingerprint density at radius 1 is 1.41 bits per heavy atom. The minimum atomic E-state index is -0.501. The van der Waals surface area contributed by atoms with Crippen molar-refractivity contribution in [2.24, 2.45) is 0 Å². The highest BCUT2D eigenvalue weighted by Gasteiger charge is 2.07. The molecule has 0 spiro atoms. The lowest BCUT2D eigenvalue weighted by Crippen LogP contribution is -1.98. The molecule has 1 aromatic heterocycles. The van der Waals surface area contributed by atoms with Crippen LogP contribution in [-0.4, -0.2) is 9.67 Å². The van der Waals surface area contributed by atoms with E-state index in [-0.39, 0.29) is 5.02 Å². The van der Waals surface area contributed by atoms with Gasteiger partial charge in [0, 0.05) is 18.9 Å². The lowest BCUT2D eigenvalue weighted by atomic mass is 10.2. The number of aliphatic hydroxyl groups is 1. The Balaban J connectivity index is 2.22. The summed E-state index contributed by atoms with van der Waals surface area (Å²) in [4.78, 5) is 0. The summed E-state index contributed by atoms with van der Waals surface area (Å²) in [6.07, 6.45) is 3.16. The molecule has 1 atom stereocenters. The van der Waals surface area contributed by atoms with E-state index in [0.717, 1.165) is 11.1 Å². The molecule has 17 heavy (non-hydrogen) atoms. The molecular formula is C13H13ClFNO. The third-order valence-corrected chi connectivity index (χ3v) is 3.06. The highest BCUT2D eigenvalue weighted by molar-refractivity contribution is 6.31. The maximum absolute atomic E-state index is 13.2. The van der Waals surface area contributed by atoms with Crippen molar-refractivity contribution in [3.63, 3.8) is 0 Å². The predicted octanol–water partition coefficient (Wildman–Crippen LogP) is 3.38. The fourth-order valence-electron chi connectivity index (χ4n) is 1.67. The van der Waals surface area contributed by atoms with Crippen LogP contribution in [0.2, 0.25) is 5.02 Å². The Bertz CT molecular complexity index is 522. The van der Waals surface area contributed by atoms with Gasteiger partial charge in [-0.05, 0) is 30.2 Å². The van der Waals surface area contributed by atoms with Crippen LogP contribution in [0.25, 0.3) is 0 Å². The number of hydrogen-bond donors (Lipinski definition) is 1. The molecule has 2 aromatic rings. The molecule has 0 saturated heterocycles. The average molecular weight is 254 g/mol. The first-order valence-corrected chi connectivity index (χ1v) is 5.72. The van der Waals surface area contributed by atoms with Crippen molar-refractivity contribution < 1.29 is 9.50 Å². The van der Waals surface area contributed by atoms with E-state index in [0.29, 0.717) is 6.54 Å². The van der Waals surface area contributed by atoms with E-state index in [2.05, 4.69) is 0 Å². The second kappa shape index (κ2) is 4.90. The second-order valence-corrected chi connectivity index (χ2v) is 4.38. The zero-order chi connectivity index (χ0) is 12.4. The molecule has 0 aliphatic carbocycles. The summed E-state index contributed by atoms with van der Waals surface area (Å²) in [6, 6.07) is 6.59. The summed E-state index contributed by atoms with van der Waals surface area (Å²) in [6.45, 7) is 2.19. The van der Waals surface area contributed by atoms with E-state index in [9.17, 15) is 9.50 Å². The van der Waals surface area contributed by atoms with Gasteiger partial charge in [-0.1, -0.05) is 23.7 Å². The molecular weight excluding hydrogens is 241 g/mol. The number of rotatable bonds is 3. The van der Waals surface area contributed by atoms with E-state index in [1.807, 2.05) is 23.0 Å². The first-order chi connectivity index (χ1) is 8.08. The van der Waals surface area contributed by atoms with Crippen molar-refractivity contribution in [2.45, 2.75) is 19.6 Å². The summed E-state index contributed by atoms with van der Waals surface area (Å²) in [5.74, 6) is -0.410. The normalized spacial score (nSPS) is 12.7. The molecule has 1 aromatic carbocycles. The Hall–Kier alpha value is -1.32. The molecule has 0 radical (unpaired) electrons. The summed E-state index contributed by atoms with van der Waals surface area (Å²) in [5.41, 5.74) is 1.55. The van der Waals surface area contributed by atoms with Crippen LogP contribution >= 0.6 is 11.6 Å². The lowest BCUT2D eigenvalue weighted by molar-refractivity contribution is 0.199. The van der Waals surface area contributed by atoms with Crippen LogP contribution in [0, 0.1) is 5.82 Å². The Kier molecular flexibility index (Phi) is 3.50. The number of benzene rings is 1. The Morgan fingerprint density at radius 3 is 2.82 bits per heavy atom. The third kappa shape index (κ3) is 2.68. The molecule has 1 heterocycles. The van der Waals surface area contributed by atoms with Gasteiger partial charge in [-0.2, -0.15) is 0 Å². The van der Waals surface area contributed by atoms with E-state index in [1.54, 1.807) is 19.1 Å². The number of aliphatic hydroxyl groups excluding tert-OH is 1. The number of aromatic nitrogens is 1. The van der Waals surface area contributed by atoms with Gasteiger partial charge in [-0.25, -0.2) is 4.39 Å². The molecule has 2 rings (SSSR count). The molecule has 0 saturated carbocycles. The fraction of sp³-hybridized carbons (Fsp3) is 0.231. The summed E-state index contributed by atoms with van der Waals surface area (Å²) < 4.78 is 15.1. The highest BCUT2D eigenvalue weighted by atomic mass is 35.5. The van der Waals surface area contributed by atoms with Gasteiger partial charge in [0.2, 0.25) is 0 Å². The zero-order valence-electron chi connectivity index (χ0n) is 9.40. The maximum Gasteiger partial charge on any atom is 0.142 e. The van der Waals surface area contributed by atoms with Gasteiger partial charge in [0.05, 0.1) is 11.1 Å². The monoisotopic (exact) mass is 253 g/mol. The zero-order valence-corrected chi connectivity index (χ0v) is 10.2. The van der Waals surface area contributed by atoms with E-state index in [1.165, 1.54) is 6.07 Å². The second-order valence-electron chi connectivity index (χ2n) is 4.01. The number of nitrogens with zero attached hydrogens (tertiary/aromatic N) is 1. The first-order valence-electron chi connectivity index (χ1n) is 5.34. The van der Waals surface area contributed by atoms with Crippen LogP contribution in [0.3, 0.4) is 0 Å². The topological polar surface area (TPSA) is 25.2 Å². The van der Waals surface area contributed by atoms with Crippen LogP contribution < -0.4 is 0 Å². The summed E-state index contributed by atoms with van der Waals surface area (Å²) in [5, 5.41) is 9.56. The van der Waals surface area contributed by atoms with Crippen LogP contribution in [-0.2, 0) is 6.54 Å². The molecule has 1 N–H and O–H groups in total. The first kappa shape index (κ1) is 12.1. The van der Waals surface area contributed by atoms with Gasteiger partial charge in [-0.15, -0.1) is 0 Å². The molecule has 0 aliphatic rings. The van der Waals surface area contributed by atoms with Gasteiger partial charge in [0.1, 0.15) is 5.82 Å². The van der Waals surface area contributed by atoms with Gasteiger partial charge >= 0.3 is 0 Å². The molecule has 90 valence electrons. The quantitative estimate of drug-likeness (QED) is 0.891. The number of halogens is 2. The third-order valence-electron chi connectivity index (χ3n) is 2.64. The smallest absolute Gasteiger partial charge is 0.142 e. The molecule has 4 heteroatoms. The standard InChI is InChI=1S/C13H13ClFNO/c1-9(17)10-5-6-16(7-10)8-11-3-2-4-12(15)13(11)14/h2-7,9,17H,8H2,1H3. The fourth-order valence-corrected chi connectivity index (χ4v) is 1.86. The van der Waals surface area contributed by atoms with Crippen molar-refractivity contribution >= 4 is 11.6 Å². The Labute approximate surface area is 104 Å². The largest absolute Gasteiger partial charge is 0.389 e. The van der Waals surface area contributed by atoms with Gasteiger partial charge < -0.3 is 9.67 Å². The van der Waals surface area contributed by atoms with E-state index >= 15 is 0 Å². The van der Waals surface area contributed by atoms with Crippen LogP contribution in [0.1, 0.15) is 24.2 Å². The van der Waals surface area contributed by atoms with Crippen LogP contribution in [0.15, 0.2) is 36.7 Å². The summed E-state index contributed by atoms with van der Waals surface area (Å²) in [7, 11) is 0. The molecule has 0 amide bonds. The van der Waals surface area contributed by atoms with E-state index < -0.39 is 11.9 Å². The molecule has 2 nitrogen and oxygen atoms in total. The minimum absolute atomic E-state index is 0.153. The molecule has 0 fully saturated rings. The van der Waals surface area contributed by atoms with Crippen molar-refractivity contribution in [3.8, 4) is 0 Å². The van der Waals surface area contributed by atoms with Crippen molar-refractivity contribution in [2.75, 3.05) is 0 Å². The van der Waals surface area contributed by atoms with Gasteiger partial charge in [0.15, 0.2) is 0 Å². The molecule has 0 aliphatic heterocycles. The predicted molar refractivity (Wildman–Crippen MR) is 65.6 cm³/mol. The minimum Gasteiger partial charge on any atom is -0.389 e. The van der Waals surface area contributed by atoms with Crippen molar-refractivity contribution in [1.29, 1.82) is 0 Å². The van der Waals surface area contributed by atoms with Crippen molar-refractivity contribution in [1.82, 2.24) is 4.57 Å². The lowest BCUT2D eigenvalue weighted by Gasteiger charge is -2.06. The van der Waals surface area contributed by atoms with Crippen LogP contribution in [0.5, 0.6) is 0 Å². The Morgan fingerprint density at radius 2 is 2.18 bits per heavy atom. The van der Waals surface area contributed by atoms with Gasteiger partial charge in [0.25, 0.3) is 0 Å². The number of hydrogen-bond acceptors (Lipinski definition) is 1. The SMILES string of the molecule is CC(O)c1ccn(Cc2cccc(F)c2Cl)c1. The van der Waals surface area contributed by atoms with Crippen molar-refractivity contribution in [3.05, 3.63) is 58.6 Å². The molecule has 0 bridgehead atoms. The highest BCUT2D eigenvalue weighted by Crippen LogP contribution is 2.21. The summed E-state index contributed by atoms with van der Waals surface area (Å²) >= 11 is 5.87.